The molecule has 2 N–H and O–H groups in total. The maximum atomic E-state index is 12.5. The van der Waals surface area contributed by atoms with Crippen LogP contribution in [0.1, 0.15) is 24.0 Å². The van der Waals surface area contributed by atoms with Gasteiger partial charge in [-0.3, -0.25) is 0 Å². The predicted octanol–water partition coefficient (Wildman–Crippen LogP) is 1.34. The standard InChI is InChI=1S/C14H22N2O3S/c1-10-7-13(19-3)8-11(2)14(10)20(17,18)16-9-12-5-4-6-15-12/h7-8,12,15-16H,4-6,9H2,1-3H3/t12-/m1/s1. The average Bonchev–Trinajstić information content (AvgIpc) is 2.88. The number of hydrogen-bond donors (Lipinski definition) is 2. The summed E-state index contributed by atoms with van der Waals surface area (Å²) in [5.41, 5.74) is 1.41. The second-order valence-electron chi connectivity index (χ2n) is 5.24. The fraction of sp³-hybridized carbons (Fsp3) is 0.571. The molecule has 1 aliphatic rings. The Bertz CT molecular complexity index is 555. The molecule has 6 heteroatoms. The minimum absolute atomic E-state index is 0.239. The second-order valence-corrected chi connectivity index (χ2v) is 6.94. The molecule has 1 aliphatic heterocycles. The molecule has 0 aromatic heterocycles. The van der Waals surface area contributed by atoms with Gasteiger partial charge in [-0.05, 0) is 56.5 Å². The molecule has 0 unspecified atom stereocenters. The molecule has 112 valence electrons. The summed E-state index contributed by atoms with van der Waals surface area (Å²) < 4.78 is 32.8. The first-order valence-electron chi connectivity index (χ1n) is 6.82. The summed E-state index contributed by atoms with van der Waals surface area (Å²) in [6.45, 7) is 4.98. The molecule has 0 spiro atoms. The lowest BCUT2D eigenvalue weighted by Crippen LogP contribution is -2.37. The molecule has 1 aromatic rings. The van der Waals surface area contributed by atoms with E-state index in [2.05, 4.69) is 10.0 Å². The van der Waals surface area contributed by atoms with Crippen molar-refractivity contribution in [1.82, 2.24) is 10.0 Å². The van der Waals surface area contributed by atoms with E-state index < -0.39 is 10.0 Å². The highest BCUT2D eigenvalue weighted by Crippen LogP contribution is 2.25. The van der Waals surface area contributed by atoms with Crippen molar-refractivity contribution < 1.29 is 13.2 Å². The molecule has 5 nitrogen and oxygen atoms in total. The van der Waals surface area contributed by atoms with Gasteiger partial charge in [-0.15, -0.1) is 0 Å². The van der Waals surface area contributed by atoms with Crippen molar-refractivity contribution in [3.63, 3.8) is 0 Å². The van der Waals surface area contributed by atoms with Crippen molar-refractivity contribution in [2.24, 2.45) is 0 Å². The van der Waals surface area contributed by atoms with Crippen LogP contribution in [0, 0.1) is 13.8 Å². The maximum Gasteiger partial charge on any atom is 0.241 e. The van der Waals surface area contributed by atoms with Crippen molar-refractivity contribution in [1.29, 1.82) is 0 Å². The molecule has 1 aromatic carbocycles. The van der Waals surface area contributed by atoms with Crippen LogP contribution in [-0.2, 0) is 10.0 Å². The Morgan fingerprint density at radius 3 is 2.50 bits per heavy atom. The summed E-state index contributed by atoms with van der Waals surface area (Å²) in [6.07, 6.45) is 2.12. The third-order valence-electron chi connectivity index (χ3n) is 3.62. The molecule has 1 atom stereocenters. The van der Waals surface area contributed by atoms with Crippen LogP contribution >= 0.6 is 0 Å². The van der Waals surface area contributed by atoms with Crippen LogP contribution in [-0.4, -0.2) is 34.7 Å². The number of sulfonamides is 1. The molecule has 0 amide bonds. The van der Waals surface area contributed by atoms with Crippen molar-refractivity contribution in [3.05, 3.63) is 23.3 Å². The van der Waals surface area contributed by atoms with Crippen molar-refractivity contribution >= 4 is 10.0 Å². The Kier molecular flexibility index (Phi) is 4.67. The van der Waals surface area contributed by atoms with Crippen LogP contribution < -0.4 is 14.8 Å². The van der Waals surface area contributed by atoms with E-state index in [9.17, 15) is 8.42 Å². The Balaban J connectivity index is 2.20. The van der Waals surface area contributed by atoms with Gasteiger partial charge in [-0.1, -0.05) is 0 Å². The van der Waals surface area contributed by atoms with Crippen LogP contribution in [0.2, 0.25) is 0 Å². The number of benzene rings is 1. The molecule has 1 heterocycles. The van der Waals surface area contributed by atoms with Gasteiger partial charge in [-0.25, -0.2) is 13.1 Å². The first-order valence-corrected chi connectivity index (χ1v) is 8.30. The molecule has 1 saturated heterocycles. The lowest BCUT2D eigenvalue weighted by atomic mass is 10.1. The molecular formula is C14H22N2O3S. The van der Waals surface area contributed by atoms with E-state index in [1.165, 1.54) is 0 Å². The number of ether oxygens (including phenoxy) is 1. The van der Waals surface area contributed by atoms with E-state index in [-0.39, 0.29) is 6.04 Å². The molecular weight excluding hydrogens is 276 g/mol. The zero-order valence-electron chi connectivity index (χ0n) is 12.2. The van der Waals surface area contributed by atoms with Crippen LogP contribution in [0.3, 0.4) is 0 Å². The molecule has 0 bridgehead atoms. The Hall–Kier alpha value is -1.11. The van der Waals surface area contributed by atoms with Crippen molar-refractivity contribution in [3.8, 4) is 5.75 Å². The smallest absolute Gasteiger partial charge is 0.241 e. The van der Waals surface area contributed by atoms with Crippen LogP contribution in [0.5, 0.6) is 5.75 Å². The molecule has 0 saturated carbocycles. The molecule has 1 fully saturated rings. The van der Waals surface area contributed by atoms with Gasteiger partial charge in [0.05, 0.1) is 12.0 Å². The summed E-state index contributed by atoms with van der Waals surface area (Å²) in [5, 5.41) is 3.28. The number of aryl methyl sites for hydroxylation is 2. The Morgan fingerprint density at radius 1 is 1.35 bits per heavy atom. The predicted molar refractivity (Wildman–Crippen MR) is 78.7 cm³/mol. The van der Waals surface area contributed by atoms with Crippen LogP contribution in [0.4, 0.5) is 0 Å². The summed E-state index contributed by atoms with van der Waals surface area (Å²) in [5.74, 6) is 0.677. The third kappa shape index (κ3) is 3.31. The molecule has 0 aliphatic carbocycles. The zero-order chi connectivity index (χ0) is 14.8. The monoisotopic (exact) mass is 298 g/mol. The lowest BCUT2D eigenvalue weighted by Gasteiger charge is -2.16. The number of methoxy groups -OCH3 is 1. The lowest BCUT2D eigenvalue weighted by molar-refractivity contribution is 0.413. The van der Waals surface area contributed by atoms with Crippen molar-refractivity contribution in [2.45, 2.75) is 37.6 Å². The van der Waals surface area contributed by atoms with E-state index in [1.807, 2.05) is 0 Å². The number of nitrogens with one attached hydrogen (secondary N) is 2. The second kappa shape index (κ2) is 6.11. The third-order valence-corrected chi connectivity index (χ3v) is 5.35. The Morgan fingerprint density at radius 2 is 2.00 bits per heavy atom. The highest BCUT2D eigenvalue weighted by molar-refractivity contribution is 7.89. The fourth-order valence-electron chi connectivity index (χ4n) is 2.67. The highest BCUT2D eigenvalue weighted by atomic mass is 32.2. The zero-order valence-corrected chi connectivity index (χ0v) is 13.0. The van der Waals surface area contributed by atoms with E-state index in [4.69, 9.17) is 4.74 Å². The summed E-state index contributed by atoms with van der Waals surface area (Å²) >= 11 is 0. The molecule has 0 radical (unpaired) electrons. The normalized spacial score (nSPS) is 19.2. The maximum absolute atomic E-state index is 12.5. The van der Waals surface area contributed by atoms with E-state index in [0.717, 1.165) is 19.4 Å². The van der Waals surface area contributed by atoms with Gasteiger partial charge in [0, 0.05) is 12.6 Å². The van der Waals surface area contributed by atoms with E-state index in [1.54, 1.807) is 33.1 Å². The van der Waals surface area contributed by atoms with Gasteiger partial charge in [0.25, 0.3) is 0 Å². The minimum atomic E-state index is -3.48. The first-order chi connectivity index (χ1) is 9.44. The number of rotatable bonds is 5. The average molecular weight is 298 g/mol. The first kappa shape index (κ1) is 15.3. The van der Waals surface area contributed by atoms with Gasteiger partial charge < -0.3 is 10.1 Å². The number of hydrogen-bond acceptors (Lipinski definition) is 4. The van der Waals surface area contributed by atoms with Gasteiger partial charge in [-0.2, -0.15) is 0 Å². The minimum Gasteiger partial charge on any atom is -0.497 e. The molecule has 2 rings (SSSR count). The van der Waals surface area contributed by atoms with Crippen LogP contribution in [0.15, 0.2) is 17.0 Å². The Labute approximate surface area is 120 Å². The largest absolute Gasteiger partial charge is 0.497 e. The fourth-order valence-corrected chi connectivity index (χ4v) is 4.20. The molecule has 20 heavy (non-hydrogen) atoms. The van der Waals surface area contributed by atoms with Gasteiger partial charge in [0.15, 0.2) is 0 Å². The van der Waals surface area contributed by atoms with Gasteiger partial charge in [0.1, 0.15) is 5.75 Å². The topological polar surface area (TPSA) is 67.4 Å². The highest BCUT2D eigenvalue weighted by Gasteiger charge is 2.22. The van der Waals surface area contributed by atoms with Gasteiger partial charge in [0.2, 0.25) is 10.0 Å². The summed E-state index contributed by atoms with van der Waals surface area (Å²) in [7, 11) is -1.90. The SMILES string of the molecule is COc1cc(C)c(S(=O)(=O)NC[C@H]2CCCN2)c(C)c1. The van der Waals surface area contributed by atoms with Crippen molar-refractivity contribution in [2.75, 3.05) is 20.2 Å². The van der Waals surface area contributed by atoms with E-state index in [0.29, 0.717) is 28.3 Å². The van der Waals surface area contributed by atoms with E-state index >= 15 is 0 Å². The summed E-state index contributed by atoms with van der Waals surface area (Å²) in [4.78, 5) is 0.358. The summed E-state index contributed by atoms with van der Waals surface area (Å²) in [6, 6.07) is 3.73. The van der Waals surface area contributed by atoms with Crippen LogP contribution in [0.25, 0.3) is 0 Å². The van der Waals surface area contributed by atoms with Gasteiger partial charge >= 0.3 is 0 Å². The quantitative estimate of drug-likeness (QED) is 0.861.